The quantitative estimate of drug-likeness (QED) is 0.632. The van der Waals surface area contributed by atoms with E-state index in [1.54, 1.807) is 6.20 Å². The van der Waals surface area contributed by atoms with Gasteiger partial charge in [-0.2, -0.15) is 0 Å². The van der Waals surface area contributed by atoms with Gasteiger partial charge < -0.3 is 9.84 Å². The molecule has 0 aliphatic carbocycles. The highest BCUT2D eigenvalue weighted by Gasteiger charge is 2.15. The Morgan fingerprint density at radius 3 is 2.84 bits per heavy atom. The molecule has 2 aromatic heterocycles. The number of hydrogen-bond acceptors (Lipinski definition) is 6. The molecule has 1 atom stereocenters. The summed E-state index contributed by atoms with van der Waals surface area (Å²) >= 11 is 0. The monoisotopic (exact) mass is 337 g/mol. The number of aliphatic hydroxyl groups is 1. The van der Waals surface area contributed by atoms with Gasteiger partial charge in [0.1, 0.15) is 24.2 Å². The molecule has 0 bridgehead atoms. The Hall–Kier alpha value is -3.06. The molecule has 128 valence electrons. The van der Waals surface area contributed by atoms with Gasteiger partial charge in [-0.3, -0.25) is 4.98 Å². The van der Waals surface area contributed by atoms with E-state index in [1.165, 1.54) is 4.68 Å². The highest BCUT2D eigenvalue weighted by molar-refractivity contribution is 5.47. The number of rotatable bonds is 8. The number of hydrogen-bond donors (Lipinski definition) is 1. The lowest BCUT2D eigenvalue weighted by atomic mass is 10.1. The van der Waals surface area contributed by atoms with Crippen LogP contribution in [0.15, 0.2) is 61.3 Å². The Bertz CT molecular complexity index is 819. The Morgan fingerprint density at radius 2 is 2.04 bits per heavy atom. The SMILES string of the molecule is C=CCc1ccccc1OCC(O)Cn1nnnc1-c1ccccn1. The molecular weight excluding hydrogens is 318 g/mol. The fraction of sp³-hybridized carbons (Fsp3) is 0.222. The molecule has 7 nitrogen and oxygen atoms in total. The number of aromatic nitrogens is 5. The second kappa shape index (κ2) is 8.16. The van der Waals surface area contributed by atoms with Crippen molar-refractivity contribution in [1.29, 1.82) is 0 Å². The van der Waals surface area contributed by atoms with Crippen LogP contribution < -0.4 is 4.74 Å². The fourth-order valence-electron chi connectivity index (χ4n) is 2.41. The van der Waals surface area contributed by atoms with E-state index in [0.717, 1.165) is 11.3 Å². The zero-order valence-electron chi connectivity index (χ0n) is 13.7. The molecule has 1 aromatic carbocycles. The van der Waals surface area contributed by atoms with E-state index in [0.29, 0.717) is 17.9 Å². The Balaban J connectivity index is 1.64. The molecule has 1 unspecified atom stereocenters. The lowest BCUT2D eigenvalue weighted by Gasteiger charge is -2.15. The molecular formula is C18H19N5O2. The van der Waals surface area contributed by atoms with E-state index in [4.69, 9.17) is 4.74 Å². The Morgan fingerprint density at radius 1 is 1.20 bits per heavy atom. The number of benzene rings is 1. The first-order chi connectivity index (χ1) is 12.3. The van der Waals surface area contributed by atoms with Gasteiger partial charge in [0, 0.05) is 6.20 Å². The summed E-state index contributed by atoms with van der Waals surface area (Å²) in [5, 5.41) is 21.9. The van der Waals surface area contributed by atoms with Gasteiger partial charge in [-0.1, -0.05) is 30.3 Å². The first-order valence-corrected chi connectivity index (χ1v) is 7.95. The summed E-state index contributed by atoms with van der Waals surface area (Å²) in [7, 11) is 0. The number of aliphatic hydroxyl groups excluding tert-OH is 1. The molecule has 0 saturated heterocycles. The second-order valence-electron chi connectivity index (χ2n) is 5.46. The molecule has 1 N–H and O–H groups in total. The van der Waals surface area contributed by atoms with Gasteiger partial charge in [-0.25, -0.2) is 4.68 Å². The van der Waals surface area contributed by atoms with Crippen LogP contribution in [0.2, 0.25) is 0 Å². The first-order valence-electron chi connectivity index (χ1n) is 7.95. The van der Waals surface area contributed by atoms with E-state index < -0.39 is 6.10 Å². The van der Waals surface area contributed by atoms with Crippen LogP contribution in [0.5, 0.6) is 5.75 Å². The first kappa shape index (κ1) is 16.8. The number of allylic oxidation sites excluding steroid dienone is 1. The Labute approximate surface area is 145 Å². The minimum Gasteiger partial charge on any atom is -0.491 e. The van der Waals surface area contributed by atoms with Gasteiger partial charge in [0.25, 0.3) is 0 Å². The van der Waals surface area contributed by atoms with Crippen molar-refractivity contribution in [1.82, 2.24) is 25.2 Å². The fourth-order valence-corrected chi connectivity index (χ4v) is 2.41. The van der Waals surface area contributed by atoms with Gasteiger partial charge in [0.2, 0.25) is 5.82 Å². The minimum atomic E-state index is -0.761. The standard InChI is InChI=1S/C18H19N5O2/c1-2-7-14-8-3-4-10-17(14)25-13-15(24)12-23-18(20-21-22-23)16-9-5-6-11-19-16/h2-6,8-11,15,24H,1,7,12-13H2. The van der Waals surface area contributed by atoms with Crippen LogP contribution in [0.4, 0.5) is 0 Å². The van der Waals surface area contributed by atoms with Crippen molar-refractivity contribution in [2.45, 2.75) is 19.1 Å². The smallest absolute Gasteiger partial charge is 0.200 e. The van der Waals surface area contributed by atoms with Crippen LogP contribution in [0, 0.1) is 0 Å². The summed E-state index contributed by atoms with van der Waals surface area (Å²) < 4.78 is 7.27. The second-order valence-corrected chi connectivity index (χ2v) is 5.46. The summed E-state index contributed by atoms with van der Waals surface area (Å²) in [6, 6.07) is 13.2. The average Bonchev–Trinajstić information content (AvgIpc) is 3.10. The highest BCUT2D eigenvalue weighted by atomic mass is 16.5. The van der Waals surface area contributed by atoms with Crippen molar-refractivity contribution in [2.24, 2.45) is 0 Å². The predicted molar refractivity (Wildman–Crippen MR) is 92.9 cm³/mol. The van der Waals surface area contributed by atoms with Gasteiger partial charge in [-0.05, 0) is 40.6 Å². The largest absolute Gasteiger partial charge is 0.491 e. The van der Waals surface area contributed by atoms with Crippen molar-refractivity contribution in [3.63, 3.8) is 0 Å². The zero-order chi connectivity index (χ0) is 17.5. The van der Waals surface area contributed by atoms with Crippen molar-refractivity contribution < 1.29 is 9.84 Å². The third-order valence-corrected chi connectivity index (χ3v) is 3.58. The summed E-state index contributed by atoms with van der Waals surface area (Å²) in [6.07, 6.45) is 3.44. The molecule has 0 spiro atoms. The van der Waals surface area contributed by atoms with Crippen molar-refractivity contribution in [2.75, 3.05) is 6.61 Å². The molecule has 3 rings (SSSR count). The lowest BCUT2D eigenvalue weighted by Crippen LogP contribution is -2.25. The van der Waals surface area contributed by atoms with Gasteiger partial charge in [-0.15, -0.1) is 11.7 Å². The summed E-state index contributed by atoms with van der Waals surface area (Å²) in [6.45, 7) is 4.09. The third kappa shape index (κ3) is 4.27. The van der Waals surface area contributed by atoms with E-state index in [-0.39, 0.29) is 13.2 Å². The molecule has 0 aliphatic rings. The van der Waals surface area contributed by atoms with Crippen LogP contribution >= 0.6 is 0 Å². The summed E-state index contributed by atoms with van der Waals surface area (Å²) in [5.74, 6) is 1.25. The third-order valence-electron chi connectivity index (χ3n) is 3.58. The van der Waals surface area contributed by atoms with E-state index in [1.807, 2.05) is 48.5 Å². The summed E-state index contributed by atoms with van der Waals surface area (Å²) in [4.78, 5) is 4.23. The van der Waals surface area contributed by atoms with Crippen LogP contribution in [-0.4, -0.2) is 43.0 Å². The maximum Gasteiger partial charge on any atom is 0.200 e. The lowest BCUT2D eigenvalue weighted by molar-refractivity contribution is 0.0888. The molecule has 25 heavy (non-hydrogen) atoms. The normalized spacial score (nSPS) is 11.9. The molecule has 0 radical (unpaired) electrons. The molecule has 0 aliphatic heterocycles. The molecule has 3 aromatic rings. The van der Waals surface area contributed by atoms with Gasteiger partial charge in [0.15, 0.2) is 0 Å². The Kier molecular flexibility index (Phi) is 5.48. The van der Waals surface area contributed by atoms with Crippen molar-refractivity contribution in [3.8, 4) is 17.3 Å². The number of nitrogens with zero attached hydrogens (tertiary/aromatic N) is 5. The maximum atomic E-state index is 10.3. The van der Waals surface area contributed by atoms with E-state index in [2.05, 4.69) is 27.1 Å². The topological polar surface area (TPSA) is 86.0 Å². The van der Waals surface area contributed by atoms with E-state index >= 15 is 0 Å². The molecule has 0 fully saturated rings. The molecule has 2 heterocycles. The van der Waals surface area contributed by atoms with Crippen LogP contribution in [-0.2, 0) is 13.0 Å². The van der Waals surface area contributed by atoms with Gasteiger partial charge >= 0.3 is 0 Å². The zero-order valence-corrected chi connectivity index (χ0v) is 13.7. The maximum absolute atomic E-state index is 10.3. The molecule has 7 heteroatoms. The van der Waals surface area contributed by atoms with Gasteiger partial charge in [0.05, 0.1) is 6.54 Å². The number of para-hydroxylation sites is 1. The average molecular weight is 337 g/mol. The number of pyridine rings is 1. The van der Waals surface area contributed by atoms with Crippen molar-refractivity contribution >= 4 is 0 Å². The van der Waals surface area contributed by atoms with Crippen molar-refractivity contribution in [3.05, 3.63) is 66.9 Å². The number of tetrazole rings is 1. The molecule has 0 amide bonds. The number of ether oxygens (including phenoxy) is 1. The minimum absolute atomic E-state index is 0.135. The molecule has 0 saturated carbocycles. The van der Waals surface area contributed by atoms with Crippen LogP contribution in [0.3, 0.4) is 0 Å². The highest BCUT2D eigenvalue weighted by Crippen LogP contribution is 2.19. The van der Waals surface area contributed by atoms with Crippen LogP contribution in [0.1, 0.15) is 5.56 Å². The summed E-state index contributed by atoms with van der Waals surface area (Å²) in [5.41, 5.74) is 1.68. The van der Waals surface area contributed by atoms with E-state index in [9.17, 15) is 5.11 Å². The predicted octanol–water partition coefficient (Wildman–Crippen LogP) is 1.90. The van der Waals surface area contributed by atoms with Crippen LogP contribution in [0.25, 0.3) is 11.5 Å².